The van der Waals surface area contributed by atoms with Crippen molar-refractivity contribution < 1.29 is 8.42 Å². The number of sulfonamides is 1. The number of hydrogen-bond donors (Lipinski definition) is 3. The van der Waals surface area contributed by atoms with Crippen molar-refractivity contribution >= 4 is 15.9 Å². The third-order valence-corrected chi connectivity index (χ3v) is 2.21. The highest BCUT2D eigenvalue weighted by molar-refractivity contribution is 7.89. The van der Waals surface area contributed by atoms with Crippen LogP contribution in [0.4, 0.5) is 0 Å². The summed E-state index contributed by atoms with van der Waals surface area (Å²) in [5, 5.41) is 6.70. The van der Waals surface area contributed by atoms with Crippen LogP contribution in [0, 0.1) is 5.41 Å². The van der Waals surface area contributed by atoms with Gasteiger partial charge in [-0.15, -0.1) is 0 Å². The van der Waals surface area contributed by atoms with E-state index in [2.05, 4.69) is 4.72 Å². The Bertz CT molecular complexity index is 209. The lowest BCUT2D eigenvalue weighted by Gasteiger charge is -2.00. The summed E-state index contributed by atoms with van der Waals surface area (Å²) in [6.45, 7) is 1.42. The van der Waals surface area contributed by atoms with Crippen molar-refractivity contribution in [3.63, 3.8) is 0 Å². The van der Waals surface area contributed by atoms with Gasteiger partial charge >= 0.3 is 0 Å². The molecule has 0 fully saturated rings. The number of nitrogens with one attached hydrogen (secondary N) is 2. The van der Waals surface area contributed by atoms with Crippen LogP contribution in [0.2, 0.25) is 0 Å². The maximum Gasteiger partial charge on any atom is 0.211 e. The van der Waals surface area contributed by atoms with E-state index in [1.165, 1.54) is 6.92 Å². The van der Waals surface area contributed by atoms with E-state index in [1.807, 2.05) is 0 Å². The Morgan fingerprint density at radius 3 is 2.50 bits per heavy atom. The van der Waals surface area contributed by atoms with Crippen LogP contribution in [0.1, 0.15) is 6.92 Å². The van der Waals surface area contributed by atoms with Crippen molar-refractivity contribution in [2.24, 2.45) is 5.73 Å². The fourth-order valence-corrected chi connectivity index (χ4v) is 0.869. The van der Waals surface area contributed by atoms with Gasteiger partial charge in [-0.25, -0.2) is 13.1 Å². The van der Waals surface area contributed by atoms with E-state index in [0.717, 1.165) is 0 Å². The highest BCUT2D eigenvalue weighted by Crippen LogP contribution is 1.79. The minimum absolute atomic E-state index is 0.0142. The van der Waals surface area contributed by atoms with Gasteiger partial charge in [0.2, 0.25) is 10.0 Å². The first-order valence-electron chi connectivity index (χ1n) is 2.78. The quantitative estimate of drug-likeness (QED) is 0.363. The van der Waals surface area contributed by atoms with Crippen molar-refractivity contribution in [1.29, 1.82) is 5.41 Å². The van der Waals surface area contributed by atoms with Crippen LogP contribution in [0.3, 0.4) is 0 Å². The minimum Gasteiger partial charge on any atom is -0.387 e. The molecule has 0 atom stereocenters. The molecular weight excluding hydrogens is 154 g/mol. The average molecular weight is 165 g/mol. The monoisotopic (exact) mass is 165 g/mol. The highest BCUT2D eigenvalue weighted by Gasteiger charge is 2.04. The zero-order valence-corrected chi connectivity index (χ0v) is 6.53. The standard InChI is InChI=1S/C4H11N3O2S/c1-2-10(8,9)7-3-4(5)6/h7H,2-3H2,1H3,(H3,5,6). The Kier molecular flexibility index (Phi) is 3.31. The summed E-state index contributed by atoms with van der Waals surface area (Å²) in [6, 6.07) is 0. The van der Waals surface area contributed by atoms with Crippen molar-refractivity contribution in [1.82, 2.24) is 4.72 Å². The molecule has 0 aromatic rings. The zero-order chi connectivity index (χ0) is 8.20. The molecule has 0 radical (unpaired) electrons. The van der Waals surface area contributed by atoms with Crippen molar-refractivity contribution in [3.8, 4) is 0 Å². The molecule has 60 valence electrons. The maximum absolute atomic E-state index is 10.6. The summed E-state index contributed by atoms with van der Waals surface area (Å²) in [4.78, 5) is 0. The van der Waals surface area contributed by atoms with Crippen LogP contribution in [0.15, 0.2) is 0 Å². The summed E-state index contributed by atoms with van der Waals surface area (Å²) in [5.74, 6) is -0.169. The molecule has 0 heterocycles. The first-order chi connectivity index (χ1) is 4.48. The molecule has 0 aliphatic carbocycles. The van der Waals surface area contributed by atoms with Gasteiger partial charge in [0.25, 0.3) is 0 Å². The molecule has 0 aromatic heterocycles. The molecule has 0 aliphatic heterocycles. The number of nitrogens with two attached hydrogens (primary N) is 1. The van der Waals surface area contributed by atoms with Crippen LogP contribution in [-0.4, -0.2) is 26.6 Å². The molecule has 0 unspecified atom stereocenters. The predicted octanol–water partition coefficient (Wildman–Crippen LogP) is -1.14. The highest BCUT2D eigenvalue weighted by atomic mass is 32.2. The largest absolute Gasteiger partial charge is 0.387 e. The summed E-state index contributed by atoms with van der Waals surface area (Å²) in [5.41, 5.74) is 4.91. The van der Waals surface area contributed by atoms with Gasteiger partial charge in [-0.3, -0.25) is 5.41 Å². The van der Waals surface area contributed by atoms with E-state index in [-0.39, 0.29) is 18.1 Å². The van der Waals surface area contributed by atoms with E-state index in [9.17, 15) is 8.42 Å². The number of rotatable bonds is 4. The molecule has 5 nitrogen and oxygen atoms in total. The molecule has 4 N–H and O–H groups in total. The van der Waals surface area contributed by atoms with Gasteiger partial charge in [0.15, 0.2) is 0 Å². The fraction of sp³-hybridized carbons (Fsp3) is 0.750. The lowest BCUT2D eigenvalue weighted by atomic mass is 10.6. The van der Waals surface area contributed by atoms with Crippen molar-refractivity contribution in [2.45, 2.75) is 6.92 Å². The maximum atomic E-state index is 10.6. The zero-order valence-electron chi connectivity index (χ0n) is 5.72. The molecule has 0 bridgehead atoms. The number of amidine groups is 1. The number of hydrogen-bond acceptors (Lipinski definition) is 3. The van der Waals surface area contributed by atoms with Crippen LogP contribution in [0.25, 0.3) is 0 Å². The molecule has 0 aliphatic rings. The van der Waals surface area contributed by atoms with Crippen molar-refractivity contribution in [2.75, 3.05) is 12.3 Å². The van der Waals surface area contributed by atoms with E-state index in [4.69, 9.17) is 11.1 Å². The Balaban J connectivity index is 3.81. The molecule has 0 rings (SSSR count). The summed E-state index contributed by atoms with van der Waals surface area (Å²) in [6.07, 6.45) is 0. The normalized spacial score (nSPS) is 11.3. The SMILES string of the molecule is CCS(=O)(=O)NCC(=N)N. The van der Waals surface area contributed by atoms with Crippen LogP contribution in [0.5, 0.6) is 0 Å². The van der Waals surface area contributed by atoms with Crippen LogP contribution in [-0.2, 0) is 10.0 Å². The Morgan fingerprint density at radius 2 is 2.20 bits per heavy atom. The van der Waals surface area contributed by atoms with E-state index in [1.54, 1.807) is 0 Å². The lowest BCUT2D eigenvalue weighted by molar-refractivity contribution is 0.587. The van der Waals surface area contributed by atoms with Gasteiger partial charge in [0, 0.05) is 0 Å². The molecule has 0 aromatic carbocycles. The van der Waals surface area contributed by atoms with Crippen LogP contribution < -0.4 is 10.5 Å². The Labute approximate surface area is 60.2 Å². The van der Waals surface area contributed by atoms with Gasteiger partial charge < -0.3 is 5.73 Å². The van der Waals surface area contributed by atoms with Gasteiger partial charge in [-0.2, -0.15) is 0 Å². The smallest absolute Gasteiger partial charge is 0.211 e. The first kappa shape index (κ1) is 9.38. The van der Waals surface area contributed by atoms with Gasteiger partial charge in [-0.1, -0.05) is 0 Å². The third kappa shape index (κ3) is 4.28. The fourth-order valence-electron chi connectivity index (χ4n) is 0.290. The molecule has 10 heavy (non-hydrogen) atoms. The second kappa shape index (κ2) is 3.52. The molecule has 0 amide bonds. The minimum atomic E-state index is -3.19. The molecular formula is C4H11N3O2S. The first-order valence-corrected chi connectivity index (χ1v) is 4.43. The van der Waals surface area contributed by atoms with E-state index in [0.29, 0.717) is 0 Å². The van der Waals surface area contributed by atoms with Gasteiger partial charge in [0.1, 0.15) is 5.84 Å². The second-order valence-corrected chi connectivity index (χ2v) is 3.85. The van der Waals surface area contributed by atoms with E-state index >= 15 is 0 Å². The predicted molar refractivity (Wildman–Crippen MR) is 39.4 cm³/mol. The van der Waals surface area contributed by atoms with Crippen LogP contribution >= 0.6 is 0 Å². The summed E-state index contributed by atoms with van der Waals surface area (Å²) >= 11 is 0. The van der Waals surface area contributed by atoms with Crippen molar-refractivity contribution in [3.05, 3.63) is 0 Å². The summed E-state index contributed by atoms with van der Waals surface area (Å²) < 4.78 is 23.4. The topological polar surface area (TPSA) is 96.0 Å². The molecule has 0 spiro atoms. The van der Waals surface area contributed by atoms with Gasteiger partial charge in [0.05, 0.1) is 12.3 Å². The summed E-state index contributed by atoms with van der Waals surface area (Å²) in [7, 11) is -3.19. The Hall–Kier alpha value is -0.620. The average Bonchev–Trinajstić information content (AvgIpc) is 1.85. The molecule has 0 saturated heterocycles. The lowest BCUT2D eigenvalue weighted by Crippen LogP contribution is -2.33. The van der Waals surface area contributed by atoms with E-state index < -0.39 is 10.0 Å². The Morgan fingerprint density at radius 1 is 1.70 bits per heavy atom. The second-order valence-electron chi connectivity index (χ2n) is 1.75. The molecule has 6 heteroatoms. The third-order valence-electron chi connectivity index (χ3n) is 0.863. The van der Waals surface area contributed by atoms with Gasteiger partial charge in [-0.05, 0) is 6.92 Å². The molecule has 0 saturated carbocycles.